The number of rotatable bonds is 4. The van der Waals surface area contributed by atoms with Crippen LogP contribution in [0, 0.1) is 0 Å². The van der Waals surface area contributed by atoms with E-state index in [0.717, 1.165) is 5.39 Å². The Morgan fingerprint density at radius 3 is 2.50 bits per heavy atom. The summed E-state index contributed by atoms with van der Waals surface area (Å²) in [6.45, 7) is 0.321. The molecule has 1 aliphatic heterocycles. The van der Waals surface area contributed by atoms with E-state index >= 15 is 0 Å². The van der Waals surface area contributed by atoms with Crippen LogP contribution in [0.4, 0.5) is 11.4 Å². The molecule has 1 N–H and O–H groups in total. The van der Waals surface area contributed by atoms with Gasteiger partial charge in [-0.25, -0.2) is 16.8 Å². The Balaban J connectivity index is 1.74. The van der Waals surface area contributed by atoms with Crippen molar-refractivity contribution >= 4 is 53.8 Å². The number of anilines is 2. The van der Waals surface area contributed by atoms with Crippen LogP contribution in [0.3, 0.4) is 0 Å². The van der Waals surface area contributed by atoms with Crippen molar-refractivity contribution in [2.75, 3.05) is 21.3 Å². The van der Waals surface area contributed by atoms with Gasteiger partial charge in [-0.15, -0.1) is 0 Å². The standard InChI is InChI=1S/C19H17ClN2O4S2/c20-17-10-9-15(13-18(17)22-11-4-12-27(22,23)24)21-28(25,26)19-8-3-6-14-5-1-2-7-16(14)19/h1-3,5-10,13,21H,4,11-12H2. The molecule has 1 heterocycles. The first-order chi connectivity index (χ1) is 13.3. The predicted octanol–water partition coefficient (Wildman–Crippen LogP) is 3.83. The van der Waals surface area contributed by atoms with Crippen molar-refractivity contribution in [2.45, 2.75) is 11.3 Å². The van der Waals surface area contributed by atoms with E-state index in [-0.39, 0.29) is 27.0 Å². The minimum Gasteiger partial charge on any atom is -0.280 e. The molecule has 0 amide bonds. The first kappa shape index (κ1) is 19.0. The summed E-state index contributed by atoms with van der Waals surface area (Å²) in [6.07, 6.45) is 0.505. The first-order valence-electron chi connectivity index (χ1n) is 8.58. The second-order valence-corrected chi connectivity index (χ2v) is 10.6. The van der Waals surface area contributed by atoms with Crippen LogP contribution in [0.25, 0.3) is 10.8 Å². The summed E-state index contributed by atoms with van der Waals surface area (Å²) in [5.74, 6) is 0.0509. The molecule has 0 saturated carbocycles. The molecule has 0 unspecified atom stereocenters. The third kappa shape index (κ3) is 3.43. The lowest BCUT2D eigenvalue weighted by atomic mass is 10.1. The SMILES string of the molecule is O=S(=O)(Nc1ccc(Cl)c(N2CCCS2(=O)=O)c1)c1cccc2ccccc12. The van der Waals surface area contributed by atoms with E-state index in [9.17, 15) is 16.8 Å². The van der Waals surface area contributed by atoms with Gasteiger partial charge in [0.2, 0.25) is 10.0 Å². The lowest BCUT2D eigenvalue weighted by Gasteiger charge is -2.19. The minimum absolute atomic E-state index is 0.0509. The Hall–Kier alpha value is -2.29. The van der Waals surface area contributed by atoms with Gasteiger partial charge in [-0.1, -0.05) is 48.0 Å². The maximum Gasteiger partial charge on any atom is 0.262 e. The second-order valence-electron chi connectivity index (χ2n) is 6.49. The number of benzene rings is 3. The smallest absolute Gasteiger partial charge is 0.262 e. The average molecular weight is 437 g/mol. The Labute approximate surface area is 168 Å². The summed E-state index contributed by atoms with van der Waals surface area (Å²) in [6, 6.07) is 16.7. The van der Waals surface area contributed by atoms with Gasteiger partial charge in [0.15, 0.2) is 0 Å². The summed E-state index contributed by atoms with van der Waals surface area (Å²) < 4.78 is 54.1. The molecular formula is C19H17ClN2O4S2. The van der Waals surface area contributed by atoms with Gasteiger partial charge in [0, 0.05) is 11.9 Å². The highest BCUT2D eigenvalue weighted by atomic mass is 35.5. The van der Waals surface area contributed by atoms with Crippen molar-refractivity contribution in [3.63, 3.8) is 0 Å². The molecular weight excluding hydrogens is 420 g/mol. The summed E-state index contributed by atoms with van der Waals surface area (Å²) >= 11 is 6.19. The molecule has 146 valence electrons. The van der Waals surface area contributed by atoms with E-state index in [1.807, 2.05) is 18.2 Å². The van der Waals surface area contributed by atoms with Gasteiger partial charge in [-0.2, -0.15) is 0 Å². The van der Waals surface area contributed by atoms with Crippen LogP contribution >= 0.6 is 11.6 Å². The van der Waals surface area contributed by atoms with Crippen molar-refractivity contribution in [2.24, 2.45) is 0 Å². The molecule has 0 aromatic heterocycles. The third-order valence-corrected chi connectivity index (χ3v) is 8.22. The number of hydrogen-bond acceptors (Lipinski definition) is 4. The first-order valence-corrected chi connectivity index (χ1v) is 12.1. The monoisotopic (exact) mass is 436 g/mol. The van der Waals surface area contributed by atoms with Crippen molar-refractivity contribution in [1.82, 2.24) is 0 Å². The summed E-state index contributed by atoms with van der Waals surface area (Å²) in [5, 5.41) is 1.66. The summed E-state index contributed by atoms with van der Waals surface area (Å²) in [7, 11) is -7.32. The number of nitrogens with zero attached hydrogens (tertiary/aromatic N) is 1. The molecule has 0 bridgehead atoms. The number of nitrogens with one attached hydrogen (secondary N) is 1. The molecule has 0 atom stereocenters. The Morgan fingerprint density at radius 2 is 1.75 bits per heavy atom. The average Bonchev–Trinajstić information content (AvgIpc) is 3.01. The molecule has 1 aliphatic rings. The van der Waals surface area contributed by atoms with E-state index < -0.39 is 20.0 Å². The third-order valence-electron chi connectivity index (χ3n) is 4.61. The molecule has 3 aromatic rings. The van der Waals surface area contributed by atoms with Gasteiger partial charge in [-0.05, 0) is 36.1 Å². The Kier molecular flexibility index (Phi) is 4.73. The zero-order chi connectivity index (χ0) is 19.9. The van der Waals surface area contributed by atoms with Crippen molar-refractivity contribution in [1.29, 1.82) is 0 Å². The zero-order valence-electron chi connectivity index (χ0n) is 14.7. The molecule has 28 heavy (non-hydrogen) atoms. The van der Waals surface area contributed by atoms with Gasteiger partial charge in [0.25, 0.3) is 10.0 Å². The molecule has 1 fully saturated rings. The highest BCUT2D eigenvalue weighted by Gasteiger charge is 2.30. The maximum atomic E-state index is 13.0. The number of sulfonamides is 2. The van der Waals surface area contributed by atoms with Crippen LogP contribution < -0.4 is 9.03 Å². The molecule has 1 saturated heterocycles. The largest absolute Gasteiger partial charge is 0.280 e. The second kappa shape index (κ2) is 6.95. The van der Waals surface area contributed by atoms with Crippen LogP contribution in [0.1, 0.15) is 6.42 Å². The van der Waals surface area contributed by atoms with Crippen LogP contribution in [0.5, 0.6) is 0 Å². The van der Waals surface area contributed by atoms with Crippen molar-refractivity contribution < 1.29 is 16.8 Å². The van der Waals surface area contributed by atoms with Crippen molar-refractivity contribution in [3.8, 4) is 0 Å². The van der Waals surface area contributed by atoms with Crippen LogP contribution in [-0.2, 0) is 20.0 Å². The van der Waals surface area contributed by atoms with Crippen molar-refractivity contribution in [3.05, 3.63) is 65.7 Å². The zero-order valence-corrected chi connectivity index (χ0v) is 17.1. The highest BCUT2D eigenvalue weighted by molar-refractivity contribution is 7.93. The van der Waals surface area contributed by atoms with E-state index in [1.54, 1.807) is 18.2 Å². The van der Waals surface area contributed by atoms with Gasteiger partial charge in [-0.3, -0.25) is 9.03 Å². The lowest BCUT2D eigenvalue weighted by molar-refractivity contribution is 0.599. The molecule has 0 aliphatic carbocycles. The fourth-order valence-electron chi connectivity index (χ4n) is 3.32. The normalized spacial score (nSPS) is 16.4. The quantitative estimate of drug-likeness (QED) is 0.673. The lowest BCUT2D eigenvalue weighted by Crippen LogP contribution is -2.25. The van der Waals surface area contributed by atoms with E-state index in [0.29, 0.717) is 18.4 Å². The molecule has 6 nitrogen and oxygen atoms in total. The van der Waals surface area contributed by atoms with Gasteiger partial charge in [0.05, 0.1) is 27.0 Å². The number of halogens is 1. The van der Waals surface area contributed by atoms with Crippen LogP contribution in [-0.4, -0.2) is 29.1 Å². The molecule has 4 rings (SSSR count). The Bertz CT molecular complexity index is 1270. The molecule has 9 heteroatoms. The molecule has 0 spiro atoms. The van der Waals surface area contributed by atoms with E-state index in [2.05, 4.69) is 4.72 Å². The van der Waals surface area contributed by atoms with Gasteiger partial charge in [0.1, 0.15) is 0 Å². The van der Waals surface area contributed by atoms with Gasteiger partial charge >= 0.3 is 0 Å². The summed E-state index contributed by atoms with van der Waals surface area (Å²) in [4.78, 5) is 0.149. The predicted molar refractivity (Wildman–Crippen MR) is 112 cm³/mol. The Morgan fingerprint density at radius 1 is 1.00 bits per heavy atom. The number of fused-ring (bicyclic) bond motifs is 1. The molecule has 3 aromatic carbocycles. The fraction of sp³-hybridized carbons (Fsp3) is 0.158. The van der Waals surface area contributed by atoms with Crippen LogP contribution in [0.2, 0.25) is 5.02 Å². The summed E-state index contributed by atoms with van der Waals surface area (Å²) in [5.41, 5.74) is 0.520. The van der Waals surface area contributed by atoms with Crippen LogP contribution in [0.15, 0.2) is 65.6 Å². The fourth-order valence-corrected chi connectivity index (χ4v) is 6.44. The topological polar surface area (TPSA) is 83.6 Å². The maximum absolute atomic E-state index is 13.0. The molecule has 0 radical (unpaired) electrons. The minimum atomic E-state index is -3.88. The van der Waals surface area contributed by atoms with E-state index in [4.69, 9.17) is 11.6 Å². The van der Waals surface area contributed by atoms with Gasteiger partial charge < -0.3 is 0 Å². The van der Waals surface area contributed by atoms with E-state index in [1.165, 1.54) is 28.6 Å². The highest BCUT2D eigenvalue weighted by Crippen LogP contribution is 2.34. The number of hydrogen-bond donors (Lipinski definition) is 1.